The van der Waals surface area contributed by atoms with Crippen molar-refractivity contribution in [1.82, 2.24) is 0 Å². The fraction of sp³-hybridized carbons (Fsp3) is 0.0370. The Balaban J connectivity index is 2.12. The summed E-state index contributed by atoms with van der Waals surface area (Å²) in [5.41, 5.74) is 2.46. The van der Waals surface area contributed by atoms with Crippen molar-refractivity contribution in [2.45, 2.75) is 6.92 Å². The summed E-state index contributed by atoms with van der Waals surface area (Å²) in [6.45, 7) is 16.5. The Morgan fingerprint density at radius 1 is 0.833 bits per heavy atom. The van der Waals surface area contributed by atoms with E-state index in [9.17, 15) is 13.2 Å². The minimum atomic E-state index is -0.936. The van der Waals surface area contributed by atoms with E-state index in [-0.39, 0.29) is 16.7 Å². The number of rotatable bonds is 8. The van der Waals surface area contributed by atoms with Crippen LogP contribution in [-0.4, -0.2) is 0 Å². The molecule has 0 aromatic heterocycles. The maximum Gasteiger partial charge on any atom is 0.167 e. The highest BCUT2D eigenvalue weighted by Gasteiger charge is 2.13. The predicted molar refractivity (Wildman–Crippen MR) is 121 cm³/mol. The van der Waals surface area contributed by atoms with Gasteiger partial charge in [0.2, 0.25) is 0 Å². The van der Waals surface area contributed by atoms with E-state index in [0.29, 0.717) is 22.3 Å². The number of benzene rings is 2. The largest absolute Gasteiger partial charge is 0.206 e. The molecule has 0 N–H and O–H groups in total. The van der Waals surface area contributed by atoms with Crippen molar-refractivity contribution < 1.29 is 13.2 Å². The van der Waals surface area contributed by atoms with Crippen LogP contribution < -0.4 is 0 Å². The Morgan fingerprint density at radius 3 is 2.13 bits per heavy atom. The molecular weight excluding hydrogens is 381 g/mol. The van der Waals surface area contributed by atoms with E-state index >= 15 is 0 Å². The van der Waals surface area contributed by atoms with Gasteiger partial charge in [0.15, 0.2) is 11.6 Å². The van der Waals surface area contributed by atoms with Crippen LogP contribution in [0, 0.1) is 11.6 Å². The summed E-state index contributed by atoms with van der Waals surface area (Å²) in [6, 6.07) is 11.8. The van der Waals surface area contributed by atoms with Gasteiger partial charge in [-0.05, 0) is 29.7 Å². The maximum atomic E-state index is 14.5. The highest BCUT2D eigenvalue weighted by Crippen LogP contribution is 2.27. The molecule has 2 rings (SSSR count). The second kappa shape index (κ2) is 10.3. The molecule has 0 heterocycles. The Kier molecular flexibility index (Phi) is 7.76. The average molecular weight is 404 g/mol. The van der Waals surface area contributed by atoms with E-state index in [0.717, 1.165) is 0 Å². The summed E-state index contributed by atoms with van der Waals surface area (Å²) in [4.78, 5) is 0. The van der Waals surface area contributed by atoms with Crippen molar-refractivity contribution in [3.63, 3.8) is 0 Å². The van der Waals surface area contributed by atoms with E-state index in [4.69, 9.17) is 0 Å². The SMILES string of the molecule is C=C(C)/C=C(/F)C(=C)C(=C)/C=C\C(=C)/C=C/c1ccc(-c2ccccc2)c(F)c1F. The predicted octanol–water partition coefficient (Wildman–Crippen LogP) is 8.30. The molecule has 0 bridgehead atoms. The monoisotopic (exact) mass is 404 g/mol. The third kappa shape index (κ3) is 5.95. The lowest BCUT2D eigenvalue weighted by Crippen LogP contribution is -1.93. The molecule has 0 amide bonds. The fourth-order valence-corrected chi connectivity index (χ4v) is 2.55. The van der Waals surface area contributed by atoms with Gasteiger partial charge in [0.05, 0.1) is 0 Å². The van der Waals surface area contributed by atoms with Crippen LogP contribution in [0.25, 0.3) is 17.2 Å². The van der Waals surface area contributed by atoms with E-state index in [2.05, 4.69) is 26.3 Å². The molecule has 0 saturated carbocycles. The first-order valence-corrected chi connectivity index (χ1v) is 9.20. The first kappa shape index (κ1) is 22.7. The zero-order valence-electron chi connectivity index (χ0n) is 16.9. The number of hydrogen-bond acceptors (Lipinski definition) is 0. The summed E-state index contributed by atoms with van der Waals surface area (Å²) >= 11 is 0. The molecule has 0 fully saturated rings. The van der Waals surface area contributed by atoms with Crippen LogP contribution in [0.4, 0.5) is 13.2 Å². The maximum absolute atomic E-state index is 14.5. The van der Waals surface area contributed by atoms with Gasteiger partial charge in [0.1, 0.15) is 5.83 Å². The Morgan fingerprint density at radius 2 is 1.50 bits per heavy atom. The quantitative estimate of drug-likeness (QED) is 0.388. The molecule has 30 heavy (non-hydrogen) atoms. The van der Waals surface area contributed by atoms with Gasteiger partial charge < -0.3 is 0 Å². The first-order valence-electron chi connectivity index (χ1n) is 9.20. The lowest BCUT2D eigenvalue weighted by molar-refractivity contribution is 0.509. The molecule has 152 valence electrons. The fourth-order valence-electron chi connectivity index (χ4n) is 2.55. The van der Waals surface area contributed by atoms with E-state index in [1.54, 1.807) is 43.3 Å². The molecule has 0 nitrogen and oxygen atoms in total. The smallest absolute Gasteiger partial charge is 0.167 e. The van der Waals surface area contributed by atoms with E-state index in [1.165, 1.54) is 30.4 Å². The summed E-state index contributed by atoms with van der Waals surface area (Å²) in [5, 5.41) is 0. The Hall–Kier alpha value is -3.59. The van der Waals surface area contributed by atoms with E-state index < -0.39 is 17.5 Å². The van der Waals surface area contributed by atoms with Gasteiger partial charge in [0, 0.05) is 16.7 Å². The summed E-state index contributed by atoms with van der Waals surface area (Å²) < 4.78 is 42.8. The standard InChI is InChI=1S/C27H23F3/c1-18(2)17-25(28)21(5)20(4)13-11-19(3)12-14-23-15-16-24(27(30)26(23)29)22-9-7-6-8-10-22/h6-17H,1,3-5H2,2H3/b13-11-,14-12+,25-17+. The summed E-state index contributed by atoms with van der Waals surface area (Å²) in [6.07, 6.45) is 7.37. The third-order valence-corrected chi connectivity index (χ3v) is 4.22. The third-order valence-electron chi connectivity index (χ3n) is 4.22. The first-order chi connectivity index (χ1) is 14.2. The lowest BCUT2D eigenvalue weighted by Gasteiger charge is -2.06. The van der Waals surface area contributed by atoms with Crippen LogP contribution >= 0.6 is 0 Å². The van der Waals surface area contributed by atoms with Crippen LogP contribution in [0.15, 0.2) is 121 Å². The number of allylic oxidation sites excluding steroid dienone is 9. The minimum absolute atomic E-state index is 0.0976. The van der Waals surface area contributed by atoms with Crippen molar-refractivity contribution in [1.29, 1.82) is 0 Å². The van der Waals surface area contributed by atoms with Crippen LogP contribution in [0.2, 0.25) is 0 Å². The highest BCUT2D eigenvalue weighted by atomic mass is 19.2. The molecule has 0 saturated heterocycles. The van der Waals surface area contributed by atoms with Crippen molar-refractivity contribution >= 4 is 6.08 Å². The minimum Gasteiger partial charge on any atom is -0.206 e. The van der Waals surface area contributed by atoms with Crippen molar-refractivity contribution in [3.8, 4) is 11.1 Å². The normalized spacial score (nSPS) is 11.8. The van der Waals surface area contributed by atoms with Crippen LogP contribution in [0.3, 0.4) is 0 Å². The van der Waals surface area contributed by atoms with E-state index in [1.807, 2.05) is 6.07 Å². The van der Waals surface area contributed by atoms with Gasteiger partial charge in [-0.3, -0.25) is 0 Å². The second-order valence-corrected chi connectivity index (χ2v) is 6.78. The van der Waals surface area contributed by atoms with Gasteiger partial charge in [-0.2, -0.15) is 0 Å². The molecule has 0 unspecified atom stereocenters. The van der Waals surface area contributed by atoms with Crippen LogP contribution in [0.5, 0.6) is 0 Å². The number of hydrogen-bond donors (Lipinski definition) is 0. The van der Waals surface area contributed by atoms with Crippen LogP contribution in [-0.2, 0) is 0 Å². The summed E-state index contributed by atoms with van der Waals surface area (Å²) in [7, 11) is 0. The van der Waals surface area contributed by atoms with Crippen LogP contribution in [0.1, 0.15) is 12.5 Å². The molecule has 0 spiro atoms. The molecule has 2 aromatic rings. The van der Waals surface area contributed by atoms with Gasteiger partial charge in [0.25, 0.3) is 0 Å². The number of halogens is 3. The molecule has 3 heteroatoms. The Bertz CT molecular complexity index is 1080. The van der Waals surface area contributed by atoms with Gasteiger partial charge in [-0.25, -0.2) is 13.2 Å². The molecule has 0 atom stereocenters. The molecule has 0 aliphatic rings. The van der Waals surface area contributed by atoms with Crippen molar-refractivity contribution in [2.75, 3.05) is 0 Å². The molecule has 0 radical (unpaired) electrons. The summed E-state index contributed by atoms with van der Waals surface area (Å²) in [5.74, 6) is -2.36. The van der Waals surface area contributed by atoms with Gasteiger partial charge >= 0.3 is 0 Å². The molecular formula is C27H23F3. The topological polar surface area (TPSA) is 0 Å². The average Bonchev–Trinajstić information content (AvgIpc) is 2.72. The van der Waals surface area contributed by atoms with Crippen molar-refractivity contribution in [3.05, 3.63) is 138 Å². The van der Waals surface area contributed by atoms with Crippen molar-refractivity contribution in [2.24, 2.45) is 0 Å². The molecule has 0 aliphatic heterocycles. The highest BCUT2D eigenvalue weighted by molar-refractivity contribution is 5.67. The van der Waals surface area contributed by atoms with Gasteiger partial charge in [-0.1, -0.05) is 98.7 Å². The van der Waals surface area contributed by atoms with Gasteiger partial charge in [-0.15, -0.1) is 0 Å². The molecule has 2 aromatic carbocycles. The zero-order valence-corrected chi connectivity index (χ0v) is 16.9. The lowest BCUT2D eigenvalue weighted by atomic mass is 10.0. The molecule has 0 aliphatic carbocycles. The second-order valence-electron chi connectivity index (χ2n) is 6.78. The Labute approximate surface area is 176 Å². The zero-order chi connectivity index (χ0) is 22.3.